The molecule has 0 saturated heterocycles. The zero-order valence-electron chi connectivity index (χ0n) is 8.87. The highest BCUT2D eigenvalue weighted by Crippen LogP contribution is 2.09. The molecular formula is C10H16N3O. The Balaban J connectivity index is 2.72. The Labute approximate surface area is 84.3 Å². The van der Waals surface area contributed by atoms with Crippen LogP contribution in [0.2, 0.25) is 0 Å². The number of rotatable bonds is 4. The quantitative estimate of drug-likeness (QED) is 0.785. The zero-order chi connectivity index (χ0) is 10.6. The first-order valence-corrected chi connectivity index (χ1v) is 4.85. The highest BCUT2D eigenvalue weighted by molar-refractivity contribution is 5.73. The third-order valence-electron chi connectivity index (χ3n) is 1.96. The van der Waals surface area contributed by atoms with Gasteiger partial charge in [0.15, 0.2) is 0 Å². The van der Waals surface area contributed by atoms with Crippen molar-refractivity contribution >= 4 is 5.91 Å². The molecule has 0 aliphatic rings. The van der Waals surface area contributed by atoms with Crippen LogP contribution in [0.4, 0.5) is 0 Å². The highest BCUT2D eigenvalue weighted by Gasteiger charge is 2.11. The molecule has 14 heavy (non-hydrogen) atoms. The molecular weight excluding hydrogens is 178 g/mol. The van der Waals surface area contributed by atoms with Gasteiger partial charge < -0.3 is 9.88 Å². The first-order valence-electron chi connectivity index (χ1n) is 4.85. The van der Waals surface area contributed by atoms with Gasteiger partial charge in [-0.05, 0) is 13.3 Å². The molecule has 0 fully saturated rings. The summed E-state index contributed by atoms with van der Waals surface area (Å²) in [5.41, 5.74) is 0. The summed E-state index contributed by atoms with van der Waals surface area (Å²) in [6.07, 6.45) is 5.66. The van der Waals surface area contributed by atoms with Crippen LogP contribution >= 0.6 is 0 Å². The summed E-state index contributed by atoms with van der Waals surface area (Å²) in [5.74, 6) is 0.825. The van der Waals surface area contributed by atoms with E-state index in [0.29, 0.717) is 0 Å². The Bertz CT molecular complexity index is 306. The van der Waals surface area contributed by atoms with Crippen molar-refractivity contribution in [3.8, 4) is 0 Å². The number of aromatic nitrogens is 2. The first kappa shape index (κ1) is 10.8. The van der Waals surface area contributed by atoms with Crippen LogP contribution in [0, 0.1) is 6.20 Å². The summed E-state index contributed by atoms with van der Waals surface area (Å²) in [5, 5.41) is 2.80. The largest absolute Gasteiger partial charge is 0.347 e. The minimum Gasteiger partial charge on any atom is -0.347 e. The number of imidazole rings is 1. The third-order valence-corrected chi connectivity index (χ3v) is 1.96. The molecule has 1 N–H and O–H groups in total. The maximum atomic E-state index is 10.9. The van der Waals surface area contributed by atoms with E-state index < -0.39 is 0 Å². The van der Waals surface area contributed by atoms with Crippen molar-refractivity contribution in [2.45, 2.75) is 39.8 Å². The lowest BCUT2D eigenvalue weighted by molar-refractivity contribution is -0.119. The lowest BCUT2D eigenvalue weighted by Crippen LogP contribution is -2.26. The minimum absolute atomic E-state index is 0.0384. The second-order valence-corrected chi connectivity index (χ2v) is 3.34. The Morgan fingerprint density at radius 1 is 1.79 bits per heavy atom. The van der Waals surface area contributed by atoms with Gasteiger partial charge in [-0.1, -0.05) is 6.92 Å². The molecule has 1 atom stereocenters. The monoisotopic (exact) mass is 194 g/mol. The average molecular weight is 194 g/mol. The Morgan fingerprint density at radius 3 is 3.07 bits per heavy atom. The average Bonchev–Trinajstić information content (AvgIpc) is 2.51. The molecule has 77 valence electrons. The lowest BCUT2D eigenvalue weighted by Gasteiger charge is -2.13. The molecule has 0 saturated carbocycles. The number of nitrogens with one attached hydrogen (secondary N) is 1. The number of hydrogen-bond donors (Lipinski definition) is 1. The van der Waals surface area contributed by atoms with Crippen molar-refractivity contribution in [3.63, 3.8) is 0 Å². The van der Waals surface area contributed by atoms with Gasteiger partial charge in [-0.15, -0.1) is 0 Å². The molecule has 0 bridgehead atoms. The van der Waals surface area contributed by atoms with Gasteiger partial charge in [-0.3, -0.25) is 4.79 Å². The third kappa shape index (κ3) is 2.58. The number of nitrogens with zero attached hydrogens (tertiary/aromatic N) is 2. The second-order valence-electron chi connectivity index (χ2n) is 3.34. The molecule has 1 radical (unpaired) electrons. The highest BCUT2D eigenvalue weighted by atomic mass is 16.1. The van der Waals surface area contributed by atoms with Crippen molar-refractivity contribution in [2.24, 2.45) is 0 Å². The summed E-state index contributed by atoms with van der Waals surface area (Å²) >= 11 is 0. The molecule has 0 aliphatic carbocycles. The van der Waals surface area contributed by atoms with E-state index in [2.05, 4.69) is 23.4 Å². The van der Waals surface area contributed by atoms with Crippen molar-refractivity contribution in [1.82, 2.24) is 14.9 Å². The Kier molecular flexibility index (Phi) is 3.68. The summed E-state index contributed by atoms with van der Waals surface area (Å²) in [7, 11) is 0. The van der Waals surface area contributed by atoms with E-state index >= 15 is 0 Å². The molecule has 1 unspecified atom stereocenters. The minimum atomic E-state index is -0.0506. The maximum absolute atomic E-state index is 10.9. The number of hydrogen-bond acceptors (Lipinski definition) is 2. The van der Waals surface area contributed by atoms with Crippen LogP contribution in [-0.2, 0) is 11.3 Å². The molecule has 1 amide bonds. The zero-order valence-corrected chi connectivity index (χ0v) is 8.87. The van der Waals surface area contributed by atoms with Crippen LogP contribution in [0.25, 0.3) is 0 Å². The van der Waals surface area contributed by atoms with Crippen molar-refractivity contribution in [1.29, 1.82) is 0 Å². The van der Waals surface area contributed by atoms with Gasteiger partial charge in [0, 0.05) is 19.7 Å². The van der Waals surface area contributed by atoms with E-state index in [4.69, 9.17) is 0 Å². The normalized spacial score (nSPS) is 12.5. The molecule has 1 rings (SSSR count). The van der Waals surface area contributed by atoms with E-state index in [1.165, 1.54) is 6.92 Å². The maximum Gasteiger partial charge on any atom is 0.217 e. The standard InChI is InChI=1S/C10H16N3O/c1-4-6-13-7-5-11-10(13)8(2)12-9(3)14/h7-8H,4,6H2,1-3H3,(H,12,14). The van der Waals surface area contributed by atoms with Gasteiger partial charge in [0.1, 0.15) is 12.0 Å². The molecule has 0 spiro atoms. The van der Waals surface area contributed by atoms with Crippen molar-refractivity contribution in [3.05, 3.63) is 18.2 Å². The number of carbonyl (C=O) groups is 1. The summed E-state index contributed by atoms with van der Waals surface area (Å²) < 4.78 is 2.01. The van der Waals surface area contributed by atoms with Gasteiger partial charge in [0.2, 0.25) is 5.91 Å². The molecule has 1 aromatic heterocycles. The van der Waals surface area contributed by atoms with Gasteiger partial charge in [0.05, 0.1) is 6.04 Å². The fraction of sp³-hybridized carbons (Fsp3) is 0.600. The fourth-order valence-electron chi connectivity index (χ4n) is 1.43. The number of carbonyl (C=O) groups excluding carboxylic acids is 1. The summed E-state index contributed by atoms with van der Waals surface area (Å²) in [6, 6.07) is -0.0506. The fourth-order valence-corrected chi connectivity index (χ4v) is 1.43. The van der Waals surface area contributed by atoms with Gasteiger partial charge in [-0.2, -0.15) is 0 Å². The molecule has 1 aromatic rings. The van der Waals surface area contributed by atoms with Gasteiger partial charge in [-0.25, -0.2) is 4.98 Å². The van der Waals surface area contributed by atoms with Crippen LogP contribution in [0.5, 0.6) is 0 Å². The molecule has 0 aromatic carbocycles. The van der Waals surface area contributed by atoms with Crippen molar-refractivity contribution in [2.75, 3.05) is 0 Å². The van der Waals surface area contributed by atoms with Crippen LogP contribution in [0.3, 0.4) is 0 Å². The molecule has 0 aliphatic heterocycles. The van der Waals surface area contributed by atoms with E-state index in [9.17, 15) is 4.79 Å². The van der Waals surface area contributed by atoms with E-state index in [0.717, 1.165) is 18.8 Å². The summed E-state index contributed by atoms with van der Waals surface area (Å²) in [6.45, 7) is 6.44. The van der Waals surface area contributed by atoms with Crippen LogP contribution in [-0.4, -0.2) is 15.5 Å². The van der Waals surface area contributed by atoms with E-state index in [1.807, 2.05) is 17.7 Å². The number of aryl methyl sites for hydroxylation is 1. The second kappa shape index (κ2) is 4.79. The topological polar surface area (TPSA) is 46.9 Å². The molecule has 4 heteroatoms. The smallest absolute Gasteiger partial charge is 0.217 e. The predicted molar refractivity (Wildman–Crippen MR) is 53.6 cm³/mol. The van der Waals surface area contributed by atoms with Gasteiger partial charge >= 0.3 is 0 Å². The first-order chi connectivity index (χ1) is 6.65. The Morgan fingerprint density at radius 2 is 2.50 bits per heavy atom. The van der Waals surface area contributed by atoms with E-state index in [1.54, 1.807) is 0 Å². The number of amides is 1. The van der Waals surface area contributed by atoms with Crippen molar-refractivity contribution < 1.29 is 4.79 Å². The Hall–Kier alpha value is -1.32. The predicted octanol–water partition coefficient (Wildman–Crippen LogP) is 1.29. The summed E-state index contributed by atoms with van der Waals surface area (Å²) in [4.78, 5) is 15.0. The van der Waals surface area contributed by atoms with Gasteiger partial charge in [0.25, 0.3) is 0 Å². The van der Waals surface area contributed by atoms with E-state index in [-0.39, 0.29) is 11.9 Å². The molecule has 1 heterocycles. The lowest BCUT2D eigenvalue weighted by atomic mass is 10.3. The SMILES string of the molecule is CCCn1c[c]nc1C(C)NC(C)=O. The van der Waals surface area contributed by atoms with Crippen LogP contribution in [0.15, 0.2) is 6.20 Å². The van der Waals surface area contributed by atoms with Crippen LogP contribution in [0.1, 0.15) is 39.1 Å². The molecule has 4 nitrogen and oxygen atoms in total. The van der Waals surface area contributed by atoms with Crippen LogP contribution < -0.4 is 5.32 Å².